The van der Waals surface area contributed by atoms with E-state index in [0.29, 0.717) is 0 Å². The molecule has 0 aliphatic carbocycles. The molecule has 0 unspecified atom stereocenters. The normalized spacial score (nSPS) is 11.5. The molecule has 0 saturated carbocycles. The molecule has 0 radical (unpaired) electrons. The summed E-state index contributed by atoms with van der Waals surface area (Å²) in [5, 5.41) is 11.9. The molecule has 0 aliphatic heterocycles. The standard InChI is InChI=1S/C10H7Cl2N3O5S/c11-5-1-6(10(16)17)9(12)7(2-5)21(18,19)14-3-8-13-4-20-15-8/h1-2,4,14H,3H2,(H,16,17). The first-order chi connectivity index (χ1) is 9.81. The van der Waals surface area contributed by atoms with Crippen LogP contribution in [0.3, 0.4) is 0 Å². The number of aromatic carboxylic acids is 1. The fraction of sp³-hybridized carbons (Fsp3) is 0.100. The van der Waals surface area contributed by atoms with Crippen molar-refractivity contribution >= 4 is 39.2 Å². The SMILES string of the molecule is O=C(O)c1cc(Cl)cc(S(=O)(=O)NCc2ncon2)c1Cl. The van der Waals surface area contributed by atoms with E-state index in [9.17, 15) is 13.2 Å². The molecule has 1 heterocycles. The summed E-state index contributed by atoms with van der Waals surface area (Å²) in [5.74, 6) is -1.28. The average molecular weight is 352 g/mol. The highest BCUT2D eigenvalue weighted by Gasteiger charge is 2.24. The van der Waals surface area contributed by atoms with Gasteiger partial charge in [0.1, 0.15) is 4.90 Å². The molecule has 0 saturated heterocycles. The summed E-state index contributed by atoms with van der Waals surface area (Å²) in [7, 11) is -4.10. The van der Waals surface area contributed by atoms with Crippen LogP contribution in [0.2, 0.25) is 10.0 Å². The molecule has 0 bridgehead atoms. The highest BCUT2D eigenvalue weighted by Crippen LogP contribution is 2.29. The van der Waals surface area contributed by atoms with Crippen LogP contribution in [-0.2, 0) is 16.6 Å². The van der Waals surface area contributed by atoms with Gasteiger partial charge in [0.25, 0.3) is 0 Å². The second-order valence-corrected chi connectivity index (χ2v) is 6.29. The number of aromatic nitrogens is 2. The highest BCUT2D eigenvalue weighted by molar-refractivity contribution is 7.89. The van der Waals surface area contributed by atoms with E-state index in [1.807, 2.05) is 0 Å². The van der Waals surface area contributed by atoms with E-state index >= 15 is 0 Å². The number of halogens is 2. The van der Waals surface area contributed by atoms with Crippen LogP contribution in [0.25, 0.3) is 0 Å². The molecule has 0 atom stereocenters. The molecule has 0 spiro atoms. The molecule has 21 heavy (non-hydrogen) atoms. The van der Waals surface area contributed by atoms with Gasteiger partial charge in [-0.2, -0.15) is 4.98 Å². The van der Waals surface area contributed by atoms with Gasteiger partial charge in [0.2, 0.25) is 16.4 Å². The molecular weight excluding hydrogens is 345 g/mol. The summed E-state index contributed by atoms with van der Waals surface area (Å²) in [6.45, 7) is -0.246. The van der Waals surface area contributed by atoms with Gasteiger partial charge in [0.05, 0.1) is 17.1 Å². The Bertz CT molecular complexity index is 776. The zero-order valence-corrected chi connectivity index (χ0v) is 12.4. The zero-order valence-electron chi connectivity index (χ0n) is 10.1. The largest absolute Gasteiger partial charge is 0.478 e. The Kier molecular flexibility index (Phi) is 4.47. The number of nitrogens with zero attached hydrogens (tertiary/aromatic N) is 2. The summed E-state index contributed by atoms with van der Waals surface area (Å²) in [6.07, 6.45) is 1.04. The van der Waals surface area contributed by atoms with Crippen molar-refractivity contribution in [3.8, 4) is 0 Å². The van der Waals surface area contributed by atoms with E-state index in [1.165, 1.54) is 0 Å². The van der Waals surface area contributed by atoms with Crippen molar-refractivity contribution in [2.45, 2.75) is 11.4 Å². The summed E-state index contributed by atoms with van der Waals surface area (Å²) in [6, 6.07) is 2.11. The minimum absolute atomic E-state index is 0.0725. The maximum absolute atomic E-state index is 12.1. The predicted molar refractivity (Wildman–Crippen MR) is 71.7 cm³/mol. The predicted octanol–water partition coefficient (Wildman–Crippen LogP) is 1.55. The van der Waals surface area contributed by atoms with Crippen LogP contribution in [0.4, 0.5) is 0 Å². The number of sulfonamides is 1. The average Bonchev–Trinajstić information content (AvgIpc) is 2.91. The van der Waals surface area contributed by atoms with Crippen LogP contribution in [0.5, 0.6) is 0 Å². The molecule has 11 heteroatoms. The van der Waals surface area contributed by atoms with Crippen molar-refractivity contribution in [2.75, 3.05) is 0 Å². The van der Waals surface area contributed by atoms with Crippen molar-refractivity contribution in [3.63, 3.8) is 0 Å². The summed E-state index contributed by atoms with van der Waals surface area (Å²) < 4.78 is 30.9. The second-order valence-electron chi connectivity index (χ2n) is 3.74. The van der Waals surface area contributed by atoms with E-state index in [-0.39, 0.29) is 17.4 Å². The van der Waals surface area contributed by atoms with Gasteiger partial charge >= 0.3 is 5.97 Å². The number of carboxylic acids is 1. The van der Waals surface area contributed by atoms with Crippen LogP contribution >= 0.6 is 23.2 Å². The third kappa shape index (κ3) is 3.50. The van der Waals surface area contributed by atoms with Crippen LogP contribution in [0.15, 0.2) is 27.9 Å². The Morgan fingerprint density at radius 1 is 1.38 bits per heavy atom. The van der Waals surface area contributed by atoms with E-state index in [0.717, 1.165) is 18.5 Å². The molecule has 0 aliphatic rings. The van der Waals surface area contributed by atoms with Gasteiger partial charge < -0.3 is 9.63 Å². The van der Waals surface area contributed by atoms with Crippen molar-refractivity contribution in [3.05, 3.63) is 40.0 Å². The molecule has 0 amide bonds. The summed E-state index contributed by atoms with van der Waals surface area (Å²) in [4.78, 5) is 14.2. The van der Waals surface area contributed by atoms with E-state index < -0.39 is 31.5 Å². The monoisotopic (exact) mass is 351 g/mol. The van der Waals surface area contributed by atoms with E-state index in [4.69, 9.17) is 28.3 Å². The maximum Gasteiger partial charge on any atom is 0.337 e. The van der Waals surface area contributed by atoms with Crippen molar-refractivity contribution < 1.29 is 22.8 Å². The van der Waals surface area contributed by atoms with Crippen LogP contribution in [0, 0.1) is 0 Å². The number of carbonyl (C=O) groups is 1. The Morgan fingerprint density at radius 3 is 2.67 bits per heavy atom. The quantitative estimate of drug-likeness (QED) is 0.837. The highest BCUT2D eigenvalue weighted by atomic mass is 35.5. The van der Waals surface area contributed by atoms with Gasteiger partial charge in [-0.15, -0.1) is 0 Å². The third-order valence-corrected chi connectivity index (χ3v) is 4.51. The van der Waals surface area contributed by atoms with Gasteiger partial charge in [-0.3, -0.25) is 0 Å². The lowest BCUT2D eigenvalue weighted by atomic mass is 10.2. The fourth-order valence-electron chi connectivity index (χ4n) is 1.42. The van der Waals surface area contributed by atoms with E-state index in [1.54, 1.807) is 0 Å². The molecule has 2 rings (SSSR count). The number of hydrogen-bond acceptors (Lipinski definition) is 6. The topological polar surface area (TPSA) is 122 Å². The Morgan fingerprint density at radius 2 is 2.10 bits per heavy atom. The Hall–Kier alpha value is -1.68. The summed E-state index contributed by atoms with van der Waals surface area (Å²) >= 11 is 11.5. The Balaban J connectivity index is 2.37. The number of rotatable bonds is 5. The zero-order chi connectivity index (χ0) is 15.6. The van der Waals surface area contributed by atoms with Gasteiger partial charge in [-0.25, -0.2) is 17.9 Å². The Labute approximate surface area is 128 Å². The third-order valence-electron chi connectivity index (χ3n) is 2.35. The second kappa shape index (κ2) is 5.98. The number of benzene rings is 1. The lowest BCUT2D eigenvalue weighted by Crippen LogP contribution is -2.24. The van der Waals surface area contributed by atoms with Gasteiger partial charge in [-0.1, -0.05) is 28.4 Å². The number of nitrogens with one attached hydrogen (secondary N) is 1. The van der Waals surface area contributed by atoms with Crippen LogP contribution in [-0.4, -0.2) is 29.6 Å². The fourth-order valence-corrected chi connectivity index (χ4v) is 3.30. The van der Waals surface area contributed by atoms with Crippen molar-refractivity contribution in [2.24, 2.45) is 0 Å². The van der Waals surface area contributed by atoms with Crippen molar-refractivity contribution in [1.82, 2.24) is 14.9 Å². The lowest BCUT2D eigenvalue weighted by Gasteiger charge is -2.09. The van der Waals surface area contributed by atoms with Crippen molar-refractivity contribution in [1.29, 1.82) is 0 Å². The molecule has 8 nitrogen and oxygen atoms in total. The van der Waals surface area contributed by atoms with Gasteiger partial charge in [0.15, 0.2) is 5.82 Å². The van der Waals surface area contributed by atoms with Gasteiger partial charge in [-0.05, 0) is 12.1 Å². The molecule has 112 valence electrons. The lowest BCUT2D eigenvalue weighted by molar-refractivity contribution is 0.0697. The van der Waals surface area contributed by atoms with Crippen LogP contribution < -0.4 is 4.72 Å². The smallest absolute Gasteiger partial charge is 0.337 e. The molecule has 2 aromatic rings. The molecule has 1 aromatic heterocycles. The number of carboxylic acid groups (broad SMARTS) is 1. The first-order valence-corrected chi connectivity index (χ1v) is 7.52. The minimum atomic E-state index is -4.10. The number of hydrogen-bond donors (Lipinski definition) is 2. The van der Waals surface area contributed by atoms with Gasteiger partial charge in [0, 0.05) is 5.02 Å². The molecule has 0 fully saturated rings. The molecular formula is C10H7Cl2N3O5S. The molecule has 1 aromatic carbocycles. The first kappa shape index (κ1) is 15.7. The molecule has 2 N–H and O–H groups in total. The van der Waals surface area contributed by atoms with E-state index in [2.05, 4.69) is 19.4 Å². The minimum Gasteiger partial charge on any atom is -0.478 e. The maximum atomic E-state index is 12.1. The van der Waals surface area contributed by atoms with Crippen LogP contribution in [0.1, 0.15) is 16.2 Å². The summed E-state index contributed by atoms with van der Waals surface area (Å²) in [5.41, 5.74) is -0.413. The first-order valence-electron chi connectivity index (χ1n) is 5.28.